The molecule has 0 radical (unpaired) electrons. The molecule has 2 amide bonds. The fourth-order valence-corrected chi connectivity index (χ4v) is 6.57. The summed E-state index contributed by atoms with van der Waals surface area (Å²) in [4.78, 5) is 38.0. The van der Waals surface area contributed by atoms with E-state index in [1.165, 1.54) is 17.4 Å². The highest BCUT2D eigenvalue weighted by molar-refractivity contribution is 7.17. The molecule has 2 N–H and O–H groups in total. The van der Waals surface area contributed by atoms with Gasteiger partial charge in [0.15, 0.2) is 0 Å². The first-order valence-corrected chi connectivity index (χ1v) is 13.2. The third kappa shape index (κ3) is 4.19. The molecule has 188 valence electrons. The molecule has 1 aliphatic carbocycles. The SMILES string of the molecule is C=CC(=O)N1CC[C@]2(C1)C[C@H](n1c(NC(=O)c3ccc(-c4ccc(NC)nc4)s3)nc3ccccc31)C2. The highest BCUT2D eigenvalue weighted by Crippen LogP contribution is 2.55. The number of nitrogens with zero attached hydrogens (tertiary/aromatic N) is 4. The quantitative estimate of drug-likeness (QED) is 0.347. The van der Waals surface area contributed by atoms with Crippen molar-refractivity contribution in [2.24, 2.45) is 5.41 Å². The maximum atomic E-state index is 13.3. The van der Waals surface area contributed by atoms with Crippen LogP contribution in [0.1, 0.15) is 35.0 Å². The van der Waals surface area contributed by atoms with Crippen LogP contribution in [0.5, 0.6) is 0 Å². The van der Waals surface area contributed by atoms with Gasteiger partial charge in [-0.3, -0.25) is 14.9 Å². The van der Waals surface area contributed by atoms with Crippen LogP contribution < -0.4 is 10.6 Å². The second-order valence-corrected chi connectivity index (χ2v) is 11.0. The summed E-state index contributed by atoms with van der Waals surface area (Å²) in [5.74, 6) is 1.20. The third-order valence-corrected chi connectivity index (χ3v) is 8.72. The lowest BCUT2D eigenvalue weighted by Crippen LogP contribution is -2.42. The van der Waals surface area contributed by atoms with E-state index in [4.69, 9.17) is 4.98 Å². The summed E-state index contributed by atoms with van der Waals surface area (Å²) in [5.41, 5.74) is 2.97. The molecule has 1 aromatic carbocycles. The summed E-state index contributed by atoms with van der Waals surface area (Å²) in [6.45, 7) is 5.17. The zero-order valence-electron chi connectivity index (χ0n) is 20.6. The molecule has 4 aromatic rings. The molecule has 37 heavy (non-hydrogen) atoms. The minimum Gasteiger partial charge on any atom is -0.373 e. The molecule has 9 heteroatoms. The van der Waals surface area contributed by atoms with Crippen molar-refractivity contribution in [2.75, 3.05) is 30.8 Å². The van der Waals surface area contributed by atoms with Gasteiger partial charge in [-0.1, -0.05) is 18.7 Å². The molecule has 2 aliphatic rings. The third-order valence-electron chi connectivity index (χ3n) is 7.58. The fourth-order valence-electron chi connectivity index (χ4n) is 5.68. The number of carbonyl (C=O) groups excluding carboxylic acids is 2. The molecule has 1 spiro atoms. The standard InChI is InChI=1S/C28H28N6O2S/c1-3-25(35)33-13-12-28(17-33)14-19(15-28)34-21-7-5-4-6-20(21)31-27(34)32-26(36)23-10-9-22(37-23)18-8-11-24(29-2)30-16-18/h3-11,16,19H,1,12-15,17H2,2H3,(H,29,30)(H,31,32,36)/t19-,28-. The predicted molar refractivity (Wildman–Crippen MR) is 147 cm³/mol. The molecule has 6 rings (SSSR count). The van der Waals surface area contributed by atoms with E-state index in [1.54, 1.807) is 6.20 Å². The summed E-state index contributed by atoms with van der Waals surface area (Å²) in [7, 11) is 1.83. The smallest absolute Gasteiger partial charge is 0.268 e. The number of para-hydroxylation sites is 2. The number of amides is 2. The molecule has 2 fully saturated rings. The minimum atomic E-state index is -0.176. The van der Waals surface area contributed by atoms with E-state index >= 15 is 0 Å². The molecule has 1 saturated heterocycles. The highest BCUT2D eigenvalue weighted by Gasteiger charge is 2.50. The number of hydrogen-bond acceptors (Lipinski definition) is 6. The van der Waals surface area contributed by atoms with E-state index in [1.807, 2.05) is 54.4 Å². The van der Waals surface area contributed by atoms with E-state index in [9.17, 15) is 9.59 Å². The van der Waals surface area contributed by atoms with Crippen molar-refractivity contribution in [3.63, 3.8) is 0 Å². The number of carbonyl (C=O) groups is 2. The first-order chi connectivity index (χ1) is 18.0. The highest BCUT2D eigenvalue weighted by atomic mass is 32.1. The number of imidazole rings is 1. The summed E-state index contributed by atoms with van der Waals surface area (Å²) in [6, 6.07) is 15.9. The maximum absolute atomic E-state index is 13.3. The molecule has 8 nitrogen and oxygen atoms in total. The van der Waals surface area contributed by atoms with E-state index in [0.29, 0.717) is 10.8 Å². The van der Waals surface area contributed by atoms with Gasteiger partial charge in [-0.05, 0) is 67.2 Å². The van der Waals surface area contributed by atoms with E-state index in [2.05, 4.69) is 32.8 Å². The summed E-state index contributed by atoms with van der Waals surface area (Å²) in [6.07, 6.45) is 6.11. The van der Waals surface area contributed by atoms with Crippen LogP contribution in [0.4, 0.5) is 11.8 Å². The lowest BCUT2D eigenvalue weighted by atomic mass is 9.65. The lowest BCUT2D eigenvalue weighted by Gasteiger charge is -2.46. The number of nitrogens with one attached hydrogen (secondary N) is 2. The second kappa shape index (κ2) is 9.15. The van der Waals surface area contributed by atoms with Gasteiger partial charge in [0, 0.05) is 42.8 Å². The fraction of sp³-hybridized carbons (Fsp3) is 0.286. The molecule has 0 atom stereocenters. The zero-order valence-corrected chi connectivity index (χ0v) is 21.4. The Bertz CT molecular complexity index is 1500. The van der Waals surface area contributed by atoms with Crippen molar-refractivity contribution < 1.29 is 9.59 Å². The topological polar surface area (TPSA) is 92.2 Å². The van der Waals surface area contributed by atoms with Crippen LogP contribution in [-0.2, 0) is 4.79 Å². The average Bonchev–Trinajstić information content (AvgIpc) is 3.64. The van der Waals surface area contributed by atoms with Gasteiger partial charge in [0.1, 0.15) is 5.82 Å². The van der Waals surface area contributed by atoms with Crippen LogP contribution in [0.3, 0.4) is 0 Å². The van der Waals surface area contributed by atoms with Crippen molar-refractivity contribution in [3.8, 4) is 10.4 Å². The summed E-state index contributed by atoms with van der Waals surface area (Å²) in [5, 5.41) is 6.10. The maximum Gasteiger partial charge on any atom is 0.268 e. The Hall–Kier alpha value is -3.98. The number of thiophene rings is 1. The van der Waals surface area contributed by atoms with E-state index in [0.717, 1.165) is 59.6 Å². The number of fused-ring (bicyclic) bond motifs is 1. The first-order valence-electron chi connectivity index (χ1n) is 12.4. The largest absolute Gasteiger partial charge is 0.373 e. The van der Waals surface area contributed by atoms with Gasteiger partial charge < -0.3 is 14.8 Å². The lowest BCUT2D eigenvalue weighted by molar-refractivity contribution is -0.125. The molecular weight excluding hydrogens is 484 g/mol. The Labute approximate surface area is 219 Å². The normalized spacial score (nSPS) is 20.7. The monoisotopic (exact) mass is 512 g/mol. The van der Waals surface area contributed by atoms with Crippen molar-refractivity contribution in [2.45, 2.75) is 25.3 Å². The number of benzene rings is 1. The van der Waals surface area contributed by atoms with Crippen molar-refractivity contribution in [1.82, 2.24) is 19.4 Å². The average molecular weight is 513 g/mol. The van der Waals surface area contributed by atoms with E-state index in [-0.39, 0.29) is 23.3 Å². The van der Waals surface area contributed by atoms with Crippen molar-refractivity contribution in [1.29, 1.82) is 0 Å². The number of hydrogen-bond donors (Lipinski definition) is 2. The molecule has 1 saturated carbocycles. The van der Waals surface area contributed by atoms with Crippen molar-refractivity contribution in [3.05, 3.63) is 72.3 Å². The van der Waals surface area contributed by atoms with Crippen LogP contribution in [0.15, 0.2) is 67.4 Å². The van der Waals surface area contributed by atoms with Gasteiger partial charge in [-0.25, -0.2) is 9.97 Å². The molecular formula is C28H28N6O2S. The number of likely N-dealkylation sites (tertiary alicyclic amines) is 1. The number of anilines is 2. The van der Waals surface area contributed by atoms with Gasteiger partial charge in [-0.15, -0.1) is 11.3 Å². The van der Waals surface area contributed by atoms with Gasteiger partial charge >= 0.3 is 0 Å². The molecule has 0 bridgehead atoms. The van der Waals surface area contributed by atoms with Gasteiger partial charge in [0.2, 0.25) is 11.9 Å². The Balaban J connectivity index is 1.22. The molecule has 0 unspecified atom stereocenters. The Morgan fingerprint density at radius 1 is 1.16 bits per heavy atom. The molecule has 4 heterocycles. The van der Waals surface area contributed by atoms with Crippen LogP contribution in [-0.4, -0.2) is 51.4 Å². The van der Waals surface area contributed by atoms with Crippen LogP contribution in [0.25, 0.3) is 21.5 Å². The second-order valence-electron chi connectivity index (χ2n) is 9.87. The predicted octanol–water partition coefficient (Wildman–Crippen LogP) is 5.19. The Morgan fingerprint density at radius 3 is 2.76 bits per heavy atom. The summed E-state index contributed by atoms with van der Waals surface area (Å²) < 4.78 is 2.17. The van der Waals surface area contributed by atoms with Crippen LogP contribution in [0, 0.1) is 5.41 Å². The molecule has 3 aromatic heterocycles. The summed E-state index contributed by atoms with van der Waals surface area (Å²) >= 11 is 1.43. The number of aromatic nitrogens is 3. The number of rotatable bonds is 6. The Morgan fingerprint density at radius 2 is 2.00 bits per heavy atom. The first kappa shape index (κ1) is 23.4. The van der Waals surface area contributed by atoms with Gasteiger partial charge in [0.05, 0.1) is 15.9 Å². The van der Waals surface area contributed by atoms with Crippen LogP contribution in [0.2, 0.25) is 0 Å². The molecule has 1 aliphatic heterocycles. The van der Waals surface area contributed by atoms with Gasteiger partial charge in [-0.2, -0.15) is 0 Å². The van der Waals surface area contributed by atoms with Crippen LogP contribution >= 0.6 is 11.3 Å². The van der Waals surface area contributed by atoms with E-state index < -0.39 is 0 Å². The minimum absolute atomic E-state index is 0.00503. The van der Waals surface area contributed by atoms with Gasteiger partial charge in [0.25, 0.3) is 5.91 Å². The zero-order chi connectivity index (χ0) is 25.6. The number of pyridine rings is 1. The Kier molecular flexibility index (Phi) is 5.79. The van der Waals surface area contributed by atoms with Crippen molar-refractivity contribution >= 4 is 46.0 Å².